The van der Waals surface area contributed by atoms with Crippen molar-refractivity contribution in [2.24, 2.45) is 0 Å². The standard InChI is InChI=1S/C18H20N2O/c1-13-5-3-4-6-17(13)18(21)12-20-14(2)16-9-7-15(11-19)8-10-16/h3-10,14,18,20-21H,12H2,1-2H3. The molecule has 0 aliphatic rings. The van der Waals surface area contributed by atoms with Gasteiger partial charge in [-0.3, -0.25) is 0 Å². The first-order chi connectivity index (χ1) is 10.1. The van der Waals surface area contributed by atoms with E-state index in [0.717, 1.165) is 16.7 Å². The van der Waals surface area contributed by atoms with Gasteiger partial charge in [-0.25, -0.2) is 0 Å². The fourth-order valence-corrected chi connectivity index (χ4v) is 2.32. The molecule has 2 unspecified atom stereocenters. The van der Waals surface area contributed by atoms with E-state index >= 15 is 0 Å². The van der Waals surface area contributed by atoms with Gasteiger partial charge in [0.1, 0.15) is 0 Å². The Labute approximate surface area is 125 Å². The van der Waals surface area contributed by atoms with Crippen molar-refractivity contribution in [3.05, 3.63) is 70.8 Å². The first-order valence-electron chi connectivity index (χ1n) is 7.09. The molecular weight excluding hydrogens is 260 g/mol. The number of hydrogen-bond acceptors (Lipinski definition) is 3. The maximum Gasteiger partial charge on any atom is 0.0991 e. The molecule has 2 rings (SSSR count). The lowest BCUT2D eigenvalue weighted by Crippen LogP contribution is -2.25. The molecule has 0 bridgehead atoms. The van der Waals surface area contributed by atoms with Crippen LogP contribution < -0.4 is 5.32 Å². The van der Waals surface area contributed by atoms with Gasteiger partial charge in [0.15, 0.2) is 0 Å². The average molecular weight is 280 g/mol. The number of nitrogens with one attached hydrogen (secondary N) is 1. The molecule has 0 spiro atoms. The molecule has 0 saturated carbocycles. The van der Waals surface area contributed by atoms with Crippen LogP contribution in [0.5, 0.6) is 0 Å². The smallest absolute Gasteiger partial charge is 0.0991 e. The maximum absolute atomic E-state index is 10.3. The molecule has 0 fully saturated rings. The van der Waals surface area contributed by atoms with Gasteiger partial charge in [0.2, 0.25) is 0 Å². The Morgan fingerprint density at radius 2 is 1.81 bits per heavy atom. The van der Waals surface area contributed by atoms with Gasteiger partial charge in [-0.2, -0.15) is 5.26 Å². The highest BCUT2D eigenvalue weighted by Gasteiger charge is 2.12. The van der Waals surface area contributed by atoms with Gasteiger partial charge in [0, 0.05) is 12.6 Å². The fraction of sp³-hybridized carbons (Fsp3) is 0.278. The van der Waals surface area contributed by atoms with Crippen molar-refractivity contribution in [2.45, 2.75) is 26.0 Å². The Hall–Kier alpha value is -2.15. The summed E-state index contributed by atoms with van der Waals surface area (Å²) in [6.07, 6.45) is -0.521. The minimum Gasteiger partial charge on any atom is -0.387 e. The molecule has 108 valence electrons. The molecule has 2 atom stereocenters. The molecule has 3 heteroatoms. The van der Waals surface area contributed by atoms with Crippen LogP contribution in [0.1, 0.15) is 41.3 Å². The molecule has 0 saturated heterocycles. The zero-order valence-electron chi connectivity index (χ0n) is 12.4. The molecule has 2 N–H and O–H groups in total. The van der Waals surface area contributed by atoms with Crippen molar-refractivity contribution in [2.75, 3.05) is 6.54 Å². The van der Waals surface area contributed by atoms with E-state index in [9.17, 15) is 5.11 Å². The Morgan fingerprint density at radius 3 is 2.43 bits per heavy atom. The summed E-state index contributed by atoms with van der Waals surface area (Å²) in [6, 6.07) is 17.6. The second kappa shape index (κ2) is 7.03. The summed E-state index contributed by atoms with van der Waals surface area (Å²) in [4.78, 5) is 0. The van der Waals surface area contributed by atoms with Crippen molar-refractivity contribution in [3.8, 4) is 6.07 Å². The summed E-state index contributed by atoms with van der Waals surface area (Å²) in [7, 11) is 0. The lowest BCUT2D eigenvalue weighted by molar-refractivity contribution is 0.170. The van der Waals surface area contributed by atoms with Crippen LogP contribution in [-0.4, -0.2) is 11.7 Å². The largest absolute Gasteiger partial charge is 0.387 e. The molecule has 0 heterocycles. The molecule has 0 amide bonds. The van der Waals surface area contributed by atoms with Gasteiger partial charge >= 0.3 is 0 Å². The molecule has 0 aromatic heterocycles. The Bertz CT molecular complexity index is 628. The average Bonchev–Trinajstić information content (AvgIpc) is 2.52. The predicted octanol–water partition coefficient (Wildman–Crippen LogP) is 3.25. The van der Waals surface area contributed by atoms with E-state index in [0.29, 0.717) is 12.1 Å². The van der Waals surface area contributed by atoms with Crippen LogP contribution in [-0.2, 0) is 0 Å². The molecule has 0 aliphatic heterocycles. The van der Waals surface area contributed by atoms with E-state index < -0.39 is 6.10 Å². The van der Waals surface area contributed by atoms with Gasteiger partial charge < -0.3 is 10.4 Å². The molecule has 2 aromatic rings. The van der Waals surface area contributed by atoms with Crippen LogP contribution in [0, 0.1) is 18.3 Å². The quantitative estimate of drug-likeness (QED) is 0.884. The van der Waals surface area contributed by atoms with Gasteiger partial charge in [0.25, 0.3) is 0 Å². The van der Waals surface area contributed by atoms with Crippen molar-refractivity contribution in [3.63, 3.8) is 0 Å². The monoisotopic (exact) mass is 280 g/mol. The Balaban J connectivity index is 1.96. The first-order valence-corrected chi connectivity index (χ1v) is 7.09. The highest BCUT2D eigenvalue weighted by molar-refractivity contribution is 5.33. The first kappa shape index (κ1) is 15.2. The third-order valence-corrected chi connectivity index (χ3v) is 3.70. The maximum atomic E-state index is 10.3. The highest BCUT2D eigenvalue weighted by Crippen LogP contribution is 2.18. The van der Waals surface area contributed by atoms with E-state index in [-0.39, 0.29) is 6.04 Å². The Morgan fingerprint density at radius 1 is 1.14 bits per heavy atom. The second-order valence-electron chi connectivity index (χ2n) is 5.24. The lowest BCUT2D eigenvalue weighted by atomic mass is 10.0. The third-order valence-electron chi connectivity index (χ3n) is 3.70. The van der Waals surface area contributed by atoms with Crippen molar-refractivity contribution < 1.29 is 5.11 Å². The summed E-state index contributed by atoms with van der Waals surface area (Å²) in [5.74, 6) is 0. The van der Waals surface area contributed by atoms with Gasteiger partial charge in [-0.1, -0.05) is 36.4 Å². The van der Waals surface area contributed by atoms with E-state index in [1.54, 1.807) is 0 Å². The van der Waals surface area contributed by atoms with Gasteiger partial charge in [-0.05, 0) is 42.7 Å². The zero-order valence-corrected chi connectivity index (χ0v) is 12.4. The van der Waals surface area contributed by atoms with Crippen LogP contribution in [0.3, 0.4) is 0 Å². The van der Waals surface area contributed by atoms with Crippen LogP contribution >= 0.6 is 0 Å². The summed E-state index contributed by atoms with van der Waals surface area (Å²) >= 11 is 0. The normalized spacial score (nSPS) is 13.4. The number of nitriles is 1. The number of nitrogens with zero attached hydrogens (tertiary/aromatic N) is 1. The van der Waals surface area contributed by atoms with Crippen molar-refractivity contribution >= 4 is 0 Å². The molecule has 3 nitrogen and oxygen atoms in total. The van der Waals surface area contributed by atoms with Crippen LogP contribution in [0.2, 0.25) is 0 Å². The highest BCUT2D eigenvalue weighted by atomic mass is 16.3. The number of hydrogen-bond donors (Lipinski definition) is 2. The molecule has 0 radical (unpaired) electrons. The predicted molar refractivity (Wildman–Crippen MR) is 83.7 cm³/mol. The number of aliphatic hydroxyl groups is 1. The van der Waals surface area contributed by atoms with E-state index in [1.807, 2.05) is 62.4 Å². The number of benzene rings is 2. The van der Waals surface area contributed by atoms with Gasteiger partial charge in [0.05, 0.1) is 17.7 Å². The molecule has 2 aromatic carbocycles. The number of aliphatic hydroxyl groups excluding tert-OH is 1. The lowest BCUT2D eigenvalue weighted by Gasteiger charge is -2.19. The molecule has 21 heavy (non-hydrogen) atoms. The molecule has 0 aliphatic carbocycles. The summed E-state index contributed by atoms with van der Waals surface area (Å²) < 4.78 is 0. The van der Waals surface area contributed by atoms with Crippen molar-refractivity contribution in [1.29, 1.82) is 5.26 Å². The van der Waals surface area contributed by atoms with E-state index in [2.05, 4.69) is 11.4 Å². The van der Waals surface area contributed by atoms with Crippen molar-refractivity contribution in [1.82, 2.24) is 5.32 Å². The minimum atomic E-state index is -0.521. The number of aryl methyl sites for hydroxylation is 1. The van der Waals surface area contributed by atoms with Crippen LogP contribution in [0.25, 0.3) is 0 Å². The van der Waals surface area contributed by atoms with Crippen LogP contribution in [0.15, 0.2) is 48.5 Å². The van der Waals surface area contributed by atoms with Crippen LogP contribution in [0.4, 0.5) is 0 Å². The number of rotatable bonds is 5. The minimum absolute atomic E-state index is 0.122. The van der Waals surface area contributed by atoms with E-state index in [1.165, 1.54) is 0 Å². The fourth-order valence-electron chi connectivity index (χ4n) is 2.32. The summed E-state index contributed by atoms with van der Waals surface area (Å²) in [6.45, 7) is 4.54. The van der Waals surface area contributed by atoms with E-state index in [4.69, 9.17) is 5.26 Å². The zero-order chi connectivity index (χ0) is 15.2. The SMILES string of the molecule is Cc1ccccc1C(O)CNC(C)c1ccc(C#N)cc1. The molecular formula is C18H20N2O. The summed E-state index contributed by atoms with van der Waals surface area (Å²) in [5, 5.41) is 22.4. The second-order valence-corrected chi connectivity index (χ2v) is 5.24. The summed E-state index contributed by atoms with van der Waals surface area (Å²) in [5.41, 5.74) is 3.81. The van der Waals surface area contributed by atoms with Gasteiger partial charge in [-0.15, -0.1) is 0 Å². The topological polar surface area (TPSA) is 56.0 Å². The third kappa shape index (κ3) is 3.91. The Kier molecular flexibility index (Phi) is 5.10.